The van der Waals surface area contributed by atoms with Gasteiger partial charge >= 0.3 is 6.61 Å². The third-order valence-electron chi connectivity index (χ3n) is 3.41. The molecule has 0 aliphatic heterocycles. The van der Waals surface area contributed by atoms with Gasteiger partial charge in [-0.2, -0.15) is 8.78 Å². The summed E-state index contributed by atoms with van der Waals surface area (Å²) in [5.41, 5.74) is 0.812. The van der Waals surface area contributed by atoms with Gasteiger partial charge in [0, 0.05) is 10.6 Å². The summed E-state index contributed by atoms with van der Waals surface area (Å²) >= 11 is 7.70. The van der Waals surface area contributed by atoms with Gasteiger partial charge in [0.15, 0.2) is 0 Å². The zero-order chi connectivity index (χ0) is 14.8. The van der Waals surface area contributed by atoms with Crippen molar-refractivity contribution in [1.29, 1.82) is 0 Å². The van der Waals surface area contributed by atoms with E-state index in [1.165, 1.54) is 23.8 Å². The Bertz CT molecular complexity index is 602. The number of hydrogen-bond acceptors (Lipinski definition) is 3. The van der Waals surface area contributed by atoms with Crippen molar-refractivity contribution in [2.75, 3.05) is 5.32 Å². The molecule has 0 saturated heterocycles. The Hall–Kier alpha value is -1.33. The average Bonchev–Trinajstić information content (AvgIpc) is 3.13. The zero-order valence-electron chi connectivity index (χ0n) is 11.1. The van der Waals surface area contributed by atoms with Crippen molar-refractivity contribution in [2.24, 2.45) is 5.92 Å². The molecular weight excluding hydrogens is 316 g/mol. The van der Waals surface area contributed by atoms with Crippen molar-refractivity contribution < 1.29 is 13.5 Å². The van der Waals surface area contributed by atoms with E-state index in [4.69, 9.17) is 11.6 Å². The summed E-state index contributed by atoms with van der Waals surface area (Å²) in [4.78, 5) is 1.28. The predicted octanol–water partition coefficient (Wildman–Crippen LogP) is 5.57. The third-order valence-corrected chi connectivity index (χ3v) is 4.66. The van der Waals surface area contributed by atoms with Gasteiger partial charge < -0.3 is 10.1 Å². The first kappa shape index (κ1) is 14.6. The Morgan fingerprint density at radius 2 is 2.10 bits per heavy atom. The number of nitrogens with one attached hydrogen (secondary N) is 1. The molecule has 1 atom stereocenters. The predicted molar refractivity (Wildman–Crippen MR) is 81.5 cm³/mol. The number of anilines is 1. The fourth-order valence-corrected chi connectivity index (χ4v) is 3.38. The minimum atomic E-state index is -2.87. The first-order valence-corrected chi connectivity index (χ1v) is 7.93. The highest BCUT2D eigenvalue weighted by Crippen LogP contribution is 2.44. The second-order valence-electron chi connectivity index (χ2n) is 5.00. The number of benzene rings is 1. The van der Waals surface area contributed by atoms with E-state index < -0.39 is 6.61 Å². The van der Waals surface area contributed by atoms with Crippen LogP contribution in [-0.2, 0) is 0 Å². The minimum Gasteiger partial charge on any atom is -0.433 e. The van der Waals surface area contributed by atoms with Crippen molar-refractivity contribution in [2.45, 2.75) is 25.5 Å². The van der Waals surface area contributed by atoms with Crippen LogP contribution in [0.3, 0.4) is 0 Å². The number of hydrogen-bond donors (Lipinski definition) is 1. The van der Waals surface area contributed by atoms with Gasteiger partial charge in [-0.1, -0.05) is 17.7 Å². The number of halogens is 3. The summed E-state index contributed by atoms with van der Waals surface area (Å²) in [6, 6.07) is 9.20. The van der Waals surface area contributed by atoms with Crippen molar-refractivity contribution in [3.05, 3.63) is 45.6 Å². The van der Waals surface area contributed by atoms with E-state index in [-0.39, 0.29) is 16.8 Å². The maximum absolute atomic E-state index is 12.2. The molecule has 1 unspecified atom stereocenters. The summed E-state index contributed by atoms with van der Waals surface area (Å²) in [5, 5.41) is 5.68. The van der Waals surface area contributed by atoms with Crippen LogP contribution in [0.2, 0.25) is 5.02 Å². The molecule has 0 radical (unpaired) electrons. The van der Waals surface area contributed by atoms with E-state index in [1.807, 2.05) is 6.07 Å². The molecule has 1 heterocycles. The Labute approximate surface area is 130 Å². The van der Waals surface area contributed by atoms with Crippen LogP contribution in [-0.4, -0.2) is 6.61 Å². The molecule has 1 N–H and O–H groups in total. The average molecular weight is 330 g/mol. The third kappa shape index (κ3) is 3.66. The Kier molecular flexibility index (Phi) is 4.31. The minimum absolute atomic E-state index is 0.00341. The van der Waals surface area contributed by atoms with Gasteiger partial charge in [0.25, 0.3) is 0 Å². The fourth-order valence-electron chi connectivity index (χ4n) is 2.28. The molecule has 21 heavy (non-hydrogen) atoms. The van der Waals surface area contributed by atoms with E-state index in [0.29, 0.717) is 5.92 Å². The van der Waals surface area contributed by atoms with Gasteiger partial charge in [-0.05, 0) is 48.4 Å². The Morgan fingerprint density at radius 1 is 1.29 bits per heavy atom. The monoisotopic (exact) mass is 329 g/mol. The standard InChI is InChI=1S/C15H14ClF2NOS/c16-11-8-10(5-6-12(11)20-15(17)18)19-14(9-3-4-9)13-2-1-7-21-13/h1-2,5-9,14-15,19H,3-4H2. The summed E-state index contributed by atoms with van der Waals surface area (Å²) in [6.07, 6.45) is 2.41. The van der Waals surface area contributed by atoms with Crippen LogP contribution in [0.15, 0.2) is 35.7 Å². The van der Waals surface area contributed by atoms with Gasteiger partial charge in [0.05, 0.1) is 11.1 Å². The van der Waals surface area contributed by atoms with Crippen molar-refractivity contribution in [3.63, 3.8) is 0 Å². The number of ether oxygens (including phenoxy) is 1. The Morgan fingerprint density at radius 3 is 2.67 bits per heavy atom. The smallest absolute Gasteiger partial charge is 0.387 e. The topological polar surface area (TPSA) is 21.3 Å². The zero-order valence-corrected chi connectivity index (χ0v) is 12.6. The van der Waals surface area contributed by atoms with E-state index in [9.17, 15) is 8.78 Å². The Balaban J connectivity index is 1.76. The van der Waals surface area contributed by atoms with Crippen LogP contribution in [0.4, 0.5) is 14.5 Å². The fraction of sp³-hybridized carbons (Fsp3) is 0.333. The normalized spacial score (nSPS) is 16.0. The molecule has 1 saturated carbocycles. The molecule has 1 fully saturated rings. The van der Waals surface area contributed by atoms with Crippen LogP contribution in [0.1, 0.15) is 23.8 Å². The van der Waals surface area contributed by atoms with Crippen LogP contribution in [0.25, 0.3) is 0 Å². The molecule has 1 aliphatic carbocycles. The lowest BCUT2D eigenvalue weighted by Crippen LogP contribution is -2.11. The van der Waals surface area contributed by atoms with E-state index in [1.54, 1.807) is 23.5 Å². The highest BCUT2D eigenvalue weighted by atomic mass is 35.5. The largest absolute Gasteiger partial charge is 0.433 e. The molecule has 3 rings (SSSR count). The van der Waals surface area contributed by atoms with Gasteiger partial charge in [-0.25, -0.2) is 0 Å². The quantitative estimate of drug-likeness (QED) is 0.748. The first-order chi connectivity index (χ1) is 10.1. The molecule has 1 aliphatic rings. The van der Waals surface area contributed by atoms with Gasteiger partial charge in [-0.3, -0.25) is 0 Å². The van der Waals surface area contributed by atoms with E-state index in [2.05, 4.69) is 21.5 Å². The highest BCUT2D eigenvalue weighted by Gasteiger charge is 2.33. The molecule has 1 aromatic carbocycles. The van der Waals surface area contributed by atoms with Gasteiger partial charge in [0.2, 0.25) is 0 Å². The van der Waals surface area contributed by atoms with Crippen LogP contribution in [0.5, 0.6) is 5.75 Å². The first-order valence-electron chi connectivity index (χ1n) is 6.68. The molecule has 1 aromatic heterocycles. The number of rotatable bonds is 6. The maximum Gasteiger partial charge on any atom is 0.387 e. The lowest BCUT2D eigenvalue weighted by molar-refractivity contribution is -0.0497. The summed E-state index contributed by atoms with van der Waals surface area (Å²) in [6.45, 7) is -2.87. The number of thiophene rings is 1. The van der Waals surface area contributed by atoms with E-state index >= 15 is 0 Å². The lowest BCUT2D eigenvalue weighted by Gasteiger charge is -2.19. The molecule has 0 spiro atoms. The summed E-state index contributed by atoms with van der Waals surface area (Å²) < 4.78 is 28.8. The second-order valence-corrected chi connectivity index (χ2v) is 6.39. The molecule has 2 nitrogen and oxygen atoms in total. The SMILES string of the molecule is FC(F)Oc1ccc(NC(c2cccs2)C2CC2)cc1Cl. The van der Waals surface area contributed by atoms with Gasteiger partial charge in [0.1, 0.15) is 5.75 Å². The molecule has 0 bridgehead atoms. The van der Waals surface area contributed by atoms with Crippen molar-refractivity contribution in [3.8, 4) is 5.75 Å². The lowest BCUT2D eigenvalue weighted by atomic mass is 10.1. The summed E-state index contributed by atoms with van der Waals surface area (Å²) in [5.74, 6) is 0.621. The maximum atomic E-state index is 12.2. The van der Waals surface area contributed by atoms with Crippen molar-refractivity contribution in [1.82, 2.24) is 0 Å². The molecule has 112 valence electrons. The summed E-state index contributed by atoms with van der Waals surface area (Å²) in [7, 11) is 0. The second kappa shape index (κ2) is 6.20. The molecule has 6 heteroatoms. The molecule has 0 amide bonds. The van der Waals surface area contributed by atoms with Gasteiger partial charge in [-0.15, -0.1) is 11.3 Å². The van der Waals surface area contributed by atoms with Crippen molar-refractivity contribution >= 4 is 28.6 Å². The molecule has 2 aromatic rings. The van der Waals surface area contributed by atoms with Crippen LogP contribution < -0.4 is 10.1 Å². The molecular formula is C15H14ClF2NOS. The van der Waals surface area contributed by atoms with Crippen LogP contribution >= 0.6 is 22.9 Å². The van der Waals surface area contributed by atoms with Crippen LogP contribution in [0, 0.1) is 5.92 Å². The van der Waals surface area contributed by atoms with E-state index in [0.717, 1.165) is 5.69 Å². The highest BCUT2D eigenvalue weighted by molar-refractivity contribution is 7.10. The number of alkyl halides is 2.